The third-order valence-corrected chi connectivity index (χ3v) is 2.71. The molecule has 0 bridgehead atoms. The van der Waals surface area contributed by atoms with E-state index in [2.05, 4.69) is 6.42 Å². The predicted molar refractivity (Wildman–Crippen MR) is 49.2 cm³/mol. The number of cyclic esters (lactones) is 1. The zero-order valence-corrected chi connectivity index (χ0v) is 8.07. The third kappa shape index (κ3) is 1.89. The molecular weight excluding hydrogens is 182 g/mol. The van der Waals surface area contributed by atoms with Crippen molar-refractivity contribution in [2.45, 2.75) is 19.3 Å². The molecule has 4 heteroatoms. The Kier molecular flexibility index (Phi) is 2.70. The lowest BCUT2D eigenvalue weighted by Gasteiger charge is -2.28. The van der Waals surface area contributed by atoms with Gasteiger partial charge >= 0.3 is 5.97 Å². The highest BCUT2D eigenvalue weighted by atomic mass is 16.5. The number of hydrogen-bond acceptors (Lipinski definition) is 3. The van der Waals surface area contributed by atoms with Gasteiger partial charge in [0.15, 0.2) is 0 Å². The van der Waals surface area contributed by atoms with Crippen molar-refractivity contribution in [2.24, 2.45) is 5.92 Å². The van der Waals surface area contributed by atoms with Gasteiger partial charge < -0.3 is 9.64 Å². The Morgan fingerprint density at radius 1 is 1.57 bits per heavy atom. The summed E-state index contributed by atoms with van der Waals surface area (Å²) in [6.07, 6.45) is 4.49. The van der Waals surface area contributed by atoms with Gasteiger partial charge in [-0.25, -0.2) is 0 Å². The van der Waals surface area contributed by atoms with E-state index in [9.17, 15) is 9.59 Å². The molecule has 0 N–H and O–H groups in total. The predicted octanol–water partition coefficient (Wildman–Crippen LogP) is 0.376. The van der Waals surface area contributed by atoms with Crippen molar-refractivity contribution in [3.05, 3.63) is 6.42 Å². The maximum absolute atomic E-state index is 11.8. The monoisotopic (exact) mass is 196 g/mol. The minimum Gasteiger partial charge on any atom is -0.465 e. The fourth-order valence-corrected chi connectivity index (χ4v) is 1.89. The highest BCUT2D eigenvalue weighted by Crippen LogP contribution is 2.19. The van der Waals surface area contributed by atoms with Crippen molar-refractivity contribution >= 4 is 11.9 Å². The molecule has 0 aromatic carbocycles. The first kappa shape index (κ1) is 9.49. The van der Waals surface area contributed by atoms with Gasteiger partial charge in [-0.2, -0.15) is 0 Å². The quantitative estimate of drug-likeness (QED) is 0.569. The first-order valence-corrected chi connectivity index (χ1v) is 5.03. The van der Waals surface area contributed by atoms with Crippen LogP contribution in [0.25, 0.3) is 0 Å². The number of carbonyl (C=O) groups excluding carboxylic acids is 2. The standard InChI is InChI=1S/C10H14NO3/c12-9-6-8(7-14-9)10(13)11-4-2-1-3-5-11/h2,8H,1,3-7H2/t8-/m1/s1. The molecule has 0 unspecified atom stereocenters. The van der Waals surface area contributed by atoms with Crippen LogP contribution in [0.3, 0.4) is 0 Å². The van der Waals surface area contributed by atoms with Crippen LogP contribution in [0.5, 0.6) is 0 Å². The van der Waals surface area contributed by atoms with E-state index in [4.69, 9.17) is 4.74 Å². The summed E-state index contributed by atoms with van der Waals surface area (Å²) in [7, 11) is 0. The van der Waals surface area contributed by atoms with Crippen LogP contribution in [0.15, 0.2) is 0 Å². The normalized spacial score (nSPS) is 27.6. The largest absolute Gasteiger partial charge is 0.465 e. The maximum Gasteiger partial charge on any atom is 0.306 e. The minimum atomic E-state index is -0.246. The second-order valence-corrected chi connectivity index (χ2v) is 3.80. The average molecular weight is 196 g/mol. The summed E-state index contributed by atoms with van der Waals surface area (Å²) in [6.45, 7) is 1.82. The Balaban J connectivity index is 1.90. The Hall–Kier alpha value is -1.06. The van der Waals surface area contributed by atoms with Gasteiger partial charge in [-0.05, 0) is 19.3 Å². The molecule has 4 nitrogen and oxygen atoms in total. The van der Waals surface area contributed by atoms with Crippen molar-refractivity contribution in [1.82, 2.24) is 4.90 Å². The number of amides is 1. The summed E-state index contributed by atoms with van der Waals surface area (Å²) in [6, 6.07) is 0. The van der Waals surface area contributed by atoms with Gasteiger partial charge in [-0.1, -0.05) is 0 Å². The highest BCUT2D eigenvalue weighted by molar-refractivity contribution is 5.86. The van der Waals surface area contributed by atoms with Gasteiger partial charge in [0.25, 0.3) is 0 Å². The number of piperidine rings is 1. The number of hydrogen-bond donors (Lipinski definition) is 0. The molecule has 0 spiro atoms. The molecule has 0 aromatic heterocycles. The molecule has 2 aliphatic rings. The van der Waals surface area contributed by atoms with Crippen molar-refractivity contribution in [3.8, 4) is 0 Å². The summed E-state index contributed by atoms with van der Waals surface area (Å²) >= 11 is 0. The fraction of sp³-hybridized carbons (Fsp3) is 0.700. The van der Waals surface area contributed by atoms with Gasteiger partial charge in [-0.15, -0.1) is 0 Å². The maximum atomic E-state index is 11.8. The topological polar surface area (TPSA) is 46.6 Å². The number of likely N-dealkylation sites (tertiary alicyclic amines) is 1. The number of esters is 1. The van der Waals surface area contributed by atoms with Crippen LogP contribution in [0.4, 0.5) is 0 Å². The Morgan fingerprint density at radius 3 is 3.00 bits per heavy atom. The van der Waals surface area contributed by atoms with Crippen molar-refractivity contribution in [1.29, 1.82) is 0 Å². The molecule has 2 rings (SSSR count). The van der Waals surface area contributed by atoms with E-state index >= 15 is 0 Å². The molecule has 77 valence electrons. The molecule has 0 saturated carbocycles. The van der Waals surface area contributed by atoms with Gasteiger partial charge in [0, 0.05) is 13.1 Å². The van der Waals surface area contributed by atoms with Crippen LogP contribution in [0.2, 0.25) is 0 Å². The zero-order valence-electron chi connectivity index (χ0n) is 8.07. The highest BCUT2D eigenvalue weighted by Gasteiger charge is 2.33. The van der Waals surface area contributed by atoms with Crippen LogP contribution < -0.4 is 0 Å². The van der Waals surface area contributed by atoms with E-state index in [1.807, 2.05) is 4.90 Å². The van der Waals surface area contributed by atoms with E-state index in [0.717, 1.165) is 25.9 Å². The number of carbonyl (C=O) groups is 2. The van der Waals surface area contributed by atoms with Crippen LogP contribution in [0.1, 0.15) is 19.3 Å². The summed E-state index contributed by atoms with van der Waals surface area (Å²) in [5.41, 5.74) is 0. The average Bonchev–Trinajstić information content (AvgIpc) is 2.65. The third-order valence-electron chi connectivity index (χ3n) is 2.71. The zero-order chi connectivity index (χ0) is 9.97. The van der Waals surface area contributed by atoms with E-state index in [-0.39, 0.29) is 30.8 Å². The van der Waals surface area contributed by atoms with Crippen LogP contribution in [-0.2, 0) is 14.3 Å². The smallest absolute Gasteiger partial charge is 0.306 e. The molecule has 2 heterocycles. The van der Waals surface area contributed by atoms with Crippen molar-refractivity contribution in [2.75, 3.05) is 19.7 Å². The lowest BCUT2D eigenvalue weighted by molar-refractivity contribution is -0.138. The Labute approximate surface area is 83.2 Å². The van der Waals surface area contributed by atoms with Crippen molar-refractivity contribution < 1.29 is 14.3 Å². The molecular formula is C10H14NO3. The second-order valence-electron chi connectivity index (χ2n) is 3.80. The first-order valence-electron chi connectivity index (χ1n) is 5.03. The molecule has 2 saturated heterocycles. The van der Waals surface area contributed by atoms with E-state index < -0.39 is 0 Å². The fourth-order valence-electron chi connectivity index (χ4n) is 1.89. The number of ether oxygens (including phenoxy) is 1. The summed E-state index contributed by atoms with van der Waals surface area (Å²) in [5.74, 6) is -0.398. The Morgan fingerprint density at radius 2 is 2.43 bits per heavy atom. The van der Waals surface area contributed by atoms with Crippen molar-refractivity contribution in [3.63, 3.8) is 0 Å². The molecule has 0 aromatic rings. The minimum absolute atomic E-state index is 0.0757. The molecule has 1 atom stereocenters. The van der Waals surface area contributed by atoms with Crippen LogP contribution in [0, 0.1) is 12.3 Å². The van der Waals surface area contributed by atoms with Gasteiger partial charge in [0.1, 0.15) is 6.61 Å². The second kappa shape index (κ2) is 3.98. The van der Waals surface area contributed by atoms with Crippen LogP contribution >= 0.6 is 0 Å². The number of rotatable bonds is 1. The van der Waals surface area contributed by atoms with Crippen LogP contribution in [-0.4, -0.2) is 36.5 Å². The van der Waals surface area contributed by atoms with E-state index in [0.29, 0.717) is 0 Å². The SMILES string of the molecule is O=C1C[C@@H](C(=O)N2C[CH]CCC2)CO1. The van der Waals surface area contributed by atoms with E-state index in [1.165, 1.54) is 0 Å². The summed E-state index contributed by atoms with van der Waals surface area (Å²) < 4.78 is 4.78. The lowest BCUT2D eigenvalue weighted by Crippen LogP contribution is -2.40. The van der Waals surface area contributed by atoms with Gasteiger partial charge in [0.05, 0.1) is 12.3 Å². The molecule has 2 fully saturated rings. The lowest BCUT2D eigenvalue weighted by atomic mass is 10.0. The van der Waals surface area contributed by atoms with E-state index in [1.54, 1.807) is 0 Å². The van der Waals surface area contributed by atoms with Gasteiger partial charge in [0.2, 0.25) is 5.91 Å². The molecule has 0 aliphatic carbocycles. The summed E-state index contributed by atoms with van der Waals surface area (Å²) in [5, 5.41) is 0. The number of nitrogens with zero attached hydrogens (tertiary/aromatic N) is 1. The first-order chi connectivity index (χ1) is 6.77. The molecule has 14 heavy (non-hydrogen) atoms. The molecule has 2 aliphatic heterocycles. The van der Waals surface area contributed by atoms with Gasteiger partial charge in [-0.3, -0.25) is 9.59 Å². The molecule has 1 amide bonds. The Bertz CT molecular complexity index is 246. The summed E-state index contributed by atoms with van der Waals surface area (Å²) in [4.78, 5) is 24.5. The molecule has 1 radical (unpaired) electrons.